The van der Waals surface area contributed by atoms with E-state index in [9.17, 15) is 14.7 Å². The fourth-order valence-corrected chi connectivity index (χ4v) is 4.42. The number of rotatable bonds is 6. The fourth-order valence-electron chi connectivity index (χ4n) is 3.72. The zero-order valence-corrected chi connectivity index (χ0v) is 16.5. The van der Waals surface area contributed by atoms with Crippen molar-refractivity contribution in [1.29, 1.82) is 0 Å². The Bertz CT molecular complexity index is 1020. The molecule has 1 amide bonds. The first-order valence-corrected chi connectivity index (χ1v) is 9.94. The van der Waals surface area contributed by atoms with E-state index in [1.807, 2.05) is 36.4 Å². The van der Waals surface area contributed by atoms with Crippen LogP contribution in [0.4, 0.5) is 4.79 Å². The fraction of sp³-hybridized carbons (Fsp3) is 0.238. The minimum absolute atomic E-state index is 0.0575. The highest BCUT2D eigenvalue weighted by Crippen LogP contribution is 2.44. The van der Waals surface area contributed by atoms with Gasteiger partial charge in [0.25, 0.3) is 0 Å². The molecule has 0 fully saturated rings. The first-order chi connectivity index (χ1) is 14.0. The summed E-state index contributed by atoms with van der Waals surface area (Å²) < 4.78 is 9.33. The molecular weight excluding hydrogens is 390 g/mol. The minimum Gasteiger partial charge on any atom is -0.481 e. The van der Waals surface area contributed by atoms with Crippen molar-refractivity contribution in [1.82, 2.24) is 14.9 Å². The second-order valence-corrected chi connectivity index (χ2v) is 7.63. The number of aromatic nitrogens is 2. The number of hydrogen-bond donors (Lipinski definition) is 2. The molecule has 148 valence electrons. The Kier molecular flexibility index (Phi) is 5.26. The van der Waals surface area contributed by atoms with E-state index in [1.165, 1.54) is 0 Å². The Labute approximate surface area is 171 Å². The summed E-state index contributed by atoms with van der Waals surface area (Å²) in [6.07, 6.45) is -0.930. The van der Waals surface area contributed by atoms with Crippen molar-refractivity contribution < 1.29 is 19.4 Å². The second kappa shape index (κ2) is 8.00. The number of hydrogen-bond acceptors (Lipinski definition) is 6. The third-order valence-electron chi connectivity index (χ3n) is 5.02. The van der Waals surface area contributed by atoms with E-state index in [-0.39, 0.29) is 18.9 Å². The zero-order valence-electron chi connectivity index (χ0n) is 15.7. The van der Waals surface area contributed by atoms with Crippen molar-refractivity contribution in [2.24, 2.45) is 0 Å². The van der Waals surface area contributed by atoms with Gasteiger partial charge in [-0.05, 0) is 40.7 Å². The number of carbonyl (C=O) groups excluding carboxylic acids is 1. The molecule has 0 bridgehead atoms. The van der Waals surface area contributed by atoms with E-state index in [0.29, 0.717) is 10.6 Å². The highest BCUT2D eigenvalue weighted by atomic mass is 32.1. The smallest absolute Gasteiger partial charge is 0.407 e. The summed E-state index contributed by atoms with van der Waals surface area (Å²) in [4.78, 5) is 24.3. The third-order valence-corrected chi connectivity index (χ3v) is 5.96. The van der Waals surface area contributed by atoms with Crippen LogP contribution in [0.1, 0.15) is 40.1 Å². The Morgan fingerprint density at radius 2 is 1.76 bits per heavy atom. The predicted octanol–water partition coefficient (Wildman–Crippen LogP) is 3.90. The number of nitrogens with zero attached hydrogens (tertiary/aromatic N) is 2. The average molecular weight is 409 g/mol. The van der Waals surface area contributed by atoms with Gasteiger partial charge in [0.15, 0.2) is 0 Å². The van der Waals surface area contributed by atoms with Crippen LogP contribution in [-0.4, -0.2) is 33.4 Å². The normalized spacial score (nSPS) is 13.4. The number of carboxylic acids is 1. The first kappa shape index (κ1) is 19.1. The molecule has 1 unspecified atom stereocenters. The molecule has 8 heteroatoms. The van der Waals surface area contributed by atoms with E-state index in [4.69, 9.17) is 4.74 Å². The molecule has 1 aromatic heterocycles. The lowest BCUT2D eigenvalue weighted by Crippen LogP contribution is -2.31. The van der Waals surface area contributed by atoms with Crippen molar-refractivity contribution in [3.8, 4) is 11.1 Å². The standard InChI is InChI=1S/C21H19N3O4S/c1-12-20(29-24-23-12)18(10-19(25)26)22-21(27)28-11-17-15-8-4-2-6-13(15)14-7-3-5-9-16(14)17/h2-9,17-18H,10-11H2,1H3,(H,22,27)(H,25,26). The highest BCUT2D eigenvalue weighted by Gasteiger charge is 2.30. The van der Waals surface area contributed by atoms with E-state index in [0.717, 1.165) is 33.8 Å². The van der Waals surface area contributed by atoms with Crippen LogP contribution in [0.3, 0.4) is 0 Å². The highest BCUT2D eigenvalue weighted by molar-refractivity contribution is 7.05. The SMILES string of the molecule is Cc1nnsc1C(CC(=O)O)NC(=O)OCC1c2ccccc2-c2ccccc21. The van der Waals surface area contributed by atoms with Crippen molar-refractivity contribution in [3.05, 3.63) is 70.2 Å². The van der Waals surface area contributed by atoms with Crippen LogP contribution in [-0.2, 0) is 9.53 Å². The Morgan fingerprint density at radius 3 is 2.31 bits per heavy atom. The quantitative estimate of drug-likeness (QED) is 0.640. The summed E-state index contributed by atoms with van der Waals surface area (Å²) in [5, 5.41) is 15.7. The number of amides is 1. The van der Waals surface area contributed by atoms with Gasteiger partial charge >= 0.3 is 12.1 Å². The molecule has 2 aromatic carbocycles. The molecule has 29 heavy (non-hydrogen) atoms. The molecule has 0 radical (unpaired) electrons. The number of alkyl carbamates (subject to hydrolysis) is 1. The predicted molar refractivity (Wildman–Crippen MR) is 108 cm³/mol. The van der Waals surface area contributed by atoms with Crippen molar-refractivity contribution in [2.75, 3.05) is 6.61 Å². The molecule has 0 saturated carbocycles. The monoisotopic (exact) mass is 409 g/mol. The van der Waals surface area contributed by atoms with Gasteiger partial charge in [-0.2, -0.15) is 0 Å². The second-order valence-electron chi connectivity index (χ2n) is 6.84. The number of fused-ring (bicyclic) bond motifs is 3. The Morgan fingerprint density at radius 1 is 1.14 bits per heavy atom. The van der Waals surface area contributed by atoms with Crippen LogP contribution in [0.15, 0.2) is 48.5 Å². The van der Waals surface area contributed by atoms with Gasteiger partial charge in [-0.15, -0.1) is 5.10 Å². The van der Waals surface area contributed by atoms with Crippen LogP contribution in [0.25, 0.3) is 11.1 Å². The summed E-state index contributed by atoms with van der Waals surface area (Å²) in [6, 6.07) is 15.4. The molecular formula is C21H19N3O4S. The summed E-state index contributed by atoms with van der Waals surface area (Å²) in [5.41, 5.74) is 5.12. The number of benzene rings is 2. The minimum atomic E-state index is -1.03. The maximum atomic E-state index is 12.5. The topological polar surface area (TPSA) is 101 Å². The summed E-state index contributed by atoms with van der Waals surface area (Å²) in [6.45, 7) is 1.90. The lowest BCUT2D eigenvalue weighted by atomic mass is 9.98. The molecule has 7 nitrogen and oxygen atoms in total. The molecule has 0 spiro atoms. The maximum Gasteiger partial charge on any atom is 0.407 e. The molecule has 1 aliphatic rings. The molecule has 0 saturated heterocycles. The summed E-state index contributed by atoms with van der Waals surface area (Å²) in [7, 11) is 0. The number of aliphatic carboxylic acids is 1. The number of ether oxygens (including phenoxy) is 1. The average Bonchev–Trinajstić information content (AvgIpc) is 3.27. The van der Waals surface area contributed by atoms with Gasteiger partial charge in [-0.25, -0.2) is 4.79 Å². The first-order valence-electron chi connectivity index (χ1n) is 9.16. The molecule has 3 aromatic rings. The van der Waals surface area contributed by atoms with Gasteiger partial charge in [0.05, 0.1) is 23.0 Å². The van der Waals surface area contributed by atoms with Crippen LogP contribution < -0.4 is 5.32 Å². The van der Waals surface area contributed by atoms with E-state index >= 15 is 0 Å². The molecule has 1 heterocycles. The maximum absolute atomic E-state index is 12.5. The van der Waals surface area contributed by atoms with Crippen molar-refractivity contribution in [2.45, 2.75) is 25.3 Å². The van der Waals surface area contributed by atoms with Gasteiger partial charge in [-0.3, -0.25) is 4.79 Å². The molecule has 2 N–H and O–H groups in total. The van der Waals surface area contributed by atoms with E-state index in [2.05, 4.69) is 27.0 Å². The largest absolute Gasteiger partial charge is 0.481 e. The molecule has 1 atom stereocenters. The summed E-state index contributed by atoms with van der Waals surface area (Å²) >= 11 is 1.07. The lowest BCUT2D eigenvalue weighted by molar-refractivity contribution is -0.137. The molecule has 4 rings (SSSR count). The van der Waals surface area contributed by atoms with Crippen LogP contribution >= 0.6 is 11.5 Å². The Balaban J connectivity index is 1.48. The summed E-state index contributed by atoms with van der Waals surface area (Å²) in [5.74, 6) is -1.08. The van der Waals surface area contributed by atoms with Gasteiger partial charge in [0.1, 0.15) is 6.61 Å². The number of aryl methyl sites for hydroxylation is 1. The third kappa shape index (κ3) is 3.84. The van der Waals surface area contributed by atoms with Crippen molar-refractivity contribution >= 4 is 23.6 Å². The number of carbonyl (C=O) groups is 2. The van der Waals surface area contributed by atoms with Crippen LogP contribution in [0, 0.1) is 6.92 Å². The van der Waals surface area contributed by atoms with Gasteiger partial charge in [0, 0.05) is 5.92 Å². The van der Waals surface area contributed by atoms with Gasteiger partial charge in [-0.1, -0.05) is 53.0 Å². The van der Waals surface area contributed by atoms with Crippen LogP contribution in [0.5, 0.6) is 0 Å². The van der Waals surface area contributed by atoms with E-state index < -0.39 is 18.1 Å². The Hall–Kier alpha value is -3.26. The molecule has 0 aliphatic heterocycles. The van der Waals surface area contributed by atoms with Gasteiger partial charge < -0.3 is 15.2 Å². The molecule has 1 aliphatic carbocycles. The number of nitrogens with one attached hydrogen (secondary N) is 1. The van der Waals surface area contributed by atoms with Gasteiger partial charge in [0.2, 0.25) is 0 Å². The van der Waals surface area contributed by atoms with Crippen LogP contribution in [0.2, 0.25) is 0 Å². The van der Waals surface area contributed by atoms with E-state index in [1.54, 1.807) is 6.92 Å². The zero-order chi connectivity index (χ0) is 20.4. The lowest BCUT2D eigenvalue weighted by Gasteiger charge is -2.18. The van der Waals surface area contributed by atoms with Crippen molar-refractivity contribution in [3.63, 3.8) is 0 Å². The number of carboxylic acid groups (broad SMARTS) is 1.